The van der Waals surface area contributed by atoms with Crippen LogP contribution in [-0.4, -0.2) is 57.2 Å². The van der Waals surface area contributed by atoms with Crippen LogP contribution in [0.2, 0.25) is 0 Å². The highest BCUT2D eigenvalue weighted by molar-refractivity contribution is 7.12. The van der Waals surface area contributed by atoms with E-state index >= 15 is 0 Å². The van der Waals surface area contributed by atoms with Crippen LogP contribution in [0.1, 0.15) is 16.2 Å². The molecule has 0 radical (unpaired) electrons. The lowest BCUT2D eigenvalue weighted by molar-refractivity contribution is 0.0990. The van der Waals surface area contributed by atoms with E-state index in [-0.39, 0.29) is 12.2 Å². The highest BCUT2D eigenvalue weighted by atomic mass is 32.1. The SMILES string of the molecule is O=C(Cc1ncc2ccc(-c3nncs3)cc2n1)c1ccnc(N2CCOCC2)c1. The minimum absolute atomic E-state index is 0.0356. The van der Waals surface area contributed by atoms with Crippen LogP contribution in [-0.2, 0) is 11.2 Å². The second-order valence-electron chi connectivity index (χ2n) is 6.91. The Morgan fingerprint density at radius 2 is 2.03 bits per heavy atom. The van der Waals surface area contributed by atoms with E-state index in [2.05, 4.69) is 30.0 Å². The molecule has 0 unspecified atom stereocenters. The Bertz CT molecular complexity index is 1190. The van der Waals surface area contributed by atoms with Crippen molar-refractivity contribution < 1.29 is 9.53 Å². The lowest BCUT2D eigenvalue weighted by Gasteiger charge is -2.27. The number of carbonyl (C=O) groups is 1. The number of fused-ring (bicyclic) bond motifs is 1. The maximum absolute atomic E-state index is 12.9. The minimum Gasteiger partial charge on any atom is -0.378 e. The fourth-order valence-electron chi connectivity index (χ4n) is 3.38. The van der Waals surface area contributed by atoms with Gasteiger partial charge in [-0.3, -0.25) is 4.79 Å². The van der Waals surface area contributed by atoms with Crippen molar-refractivity contribution in [2.45, 2.75) is 6.42 Å². The molecule has 0 saturated carbocycles. The molecule has 0 aliphatic carbocycles. The summed E-state index contributed by atoms with van der Waals surface area (Å²) in [5.74, 6) is 1.25. The molecule has 0 bridgehead atoms. The number of nitrogens with zero attached hydrogens (tertiary/aromatic N) is 6. The van der Waals surface area contributed by atoms with Crippen molar-refractivity contribution in [2.24, 2.45) is 0 Å². The number of ether oxygens (including phenoxy) is 1. The van der Waals surface area contributed by atoms with Crippen LogP contribution in [0.5, 0.6) is 0 Å². The number of carbonyl (C=O) groups excluding carboxylic acids is 1. The topological polar surface area (TPSA) is 94.0 Å². The summed E-state index contributed by atoms with van der Waals surface area (Å²) in [5, 5.41) is 9.74. The van der Waals surface area contributed by atoms with E-state index in [0.717, 1.165) is 40.4 Å². The number of aromatic nitrogens is 5. The second-order valence-corrected chi connectivity index (χ2v) is 7.74. The number of benzene rings is 1. The number of anilines is 1. The summed E-state index contributed by atoms with van der Waals surface area (Å²) in [6.07, 6.45) is 3.56. The maximum atomic E-state index is 12.9. The third-order valence-corrected chi connectivity index (χ3v) is 5.70. The van der Waals surface area contributed by atoms with Crippen molar-refractivity contribution in [2.75, 3.05) is 31.2 Å². The van der Waals surface area contributed by atoms with Crippen LogP contribution in [0.15, 0.2) is 48.2 Å². The van der Waals surface area contributed by atoms with Crippen LogP contribution in [0.4, 0.5) is 5.82 Å². The van der Waals surface area contributed by atoms with Gasteiger partial charge in [0.1, 0.15) is 22.2 Å². The van der Waals surface area contributed by atoms with E-state index in [4.69, 9.17) is 4.74 Å². The summed E-state index contributed by atoms with van der Waals surface area (Å²) >= 11 is 1.47. The molecular formula is C21H18N6O2S. The molecule has 1 aliphatic rings. The fourth-order valence-corrected chi connectivity index (χ4v) is 3.93. The van der Waals surface area contributed by atoms with Crippen LogP contribution < -0.4 is 4.90 Å². The van der Waals surface area contributed by atoms with Crippen molar-refractivity contribution in [1.82, 2.24) is 25.1 Å². The van der Waals surface area contributed by atoms with Crippen LogP contribution in [0, 0.1) is 0 Å². The van der Waals surface area contributed by atoms with Gasteiger partial charge in [0.15, 0.2) is 5.78 Å². The zero-order valence-electron chi connectivity index (χ0n) is 16.1. The highest BCUT2D eigenvalue weighted by Gasteiger charge is 2.16. The molecule has 0 spiro atoms. The molecule has 0 amide bonds. The first-order valence-electron chi connectivity index (χ1n) is 9.60. The summed E-state index contributed by atoms with van der Waals surface area (Å²) in [5.41, 5.74) is 4.04. The molecule has 1 aromatic carbocycles. The van der Waals surface area contributed by atoms with Gasteiger partial charge in [0.2, 0.25) is 0 Å². The average molecular weight is 418 g/mol. The largest absolute Gasteiger partial charge is 0.378 e. The number of hydrogen-bond donors (Lipinski definition) is 0. The van der Waals surface area contributed by atoms with E-state index in [1.165, 1.54) is 11.3 Å². The van der Waals surface area contributed by atoms with Gasteiger partial charge in [0, 0.05) is 42.0 Å². The molecule has 0 atom stereocenters. The normalized spacial score (nSPS) is 14.2. The molecule has 1 saturated heterocycles. The Balaban J connectivity index is 1.37. The lowest BCUT2D eigenvalue weighted by Crippen LogP contribution is -2.36. The smallest absolute Gasteiger partial charge is 0.170 e. The molecule has 3 aromatic heterocycles. The number of pyridine rings is 1. The molecule has 1 fully saturated rings. The van der Waals surface area contributed by atoms with Gasteiger partial charge < -0.3 is 9.64 Å². The number of rotatable bonds is 5. The minimum atomic E-state index is -0.0356. The molecule has 4 aromatic rings. The zero-order chi connectivity index (χ0) is 20.3. The van der Waals surface area contributed by atoms with Gasteiger partial charge in [-0.25, -0.2) is 15.0 Å². The van der Waals surface area contributed by atoms with Crippen LogP contribution >= 0.6 is 11.3 Å². The number of morpholine rings is 1. The Morgan fingerprint density at radius 1 is 1.13 bits per heavy atom. The Morgan fingerprint density at radius 3 is 2.87 bits per heavy atom. The number of Topliss-reactive ketones (excluding diaryl/α,β-unsaturated/α-hetero) is 1. The van der Waals surface area contributed by atoms with Crippen molar-refractivity contribution in [3.8, 4) is 10.6 Å². The summed E-state index contributed by atoms with van der Waals surface area (Å²) < 4.78 is 5.39. The maximum Gasteiger partial charge on any atom is 0.170 e. The fraction of sp³-hybridized carbons (Fsp3) is 0.238. The first kappa shape index (κ1) is 18.7. The van der Waals surface area contributed by atoms with Gasteiger partial charge in [-0.05, 0) is 18.2 Å². The average Bonchev–Trinajstić information content (AvgIpc) is 3.34. The molecule has 9 heteroatoms. The van der Waals surface area contributed by atoms with Crippen molar-refractivity contribution >= 4 is 33.8 Å². The second kappa shape index (κ2) is 8.21. The Labute approximate surface area is 176 Å². The van der Waals surface area contributed by atoms with E-state index in [1.54, 1.807) is 24.0 Å². The first-order chi connectivity index (χ1) is 14.8. The zero-order valence-corrected chi connectivity index (χ0v) is 16.9. The summed E-state index contributed by atoms with van der Waals surface area (Å²) in [7, 11) is 0. The van der Waals surface area contributed by atoms with Crippen molar-refractivity contribution in [3.63, 3.8) is 0 Å². The number of ketones is 1. The quantitative estimate of drug-likeness (QED) is 0.457. The number of hydrogen-bond acceptors (Lipinski definition) is 9. The van der Waals surface area contributed by atoms with E-state index in [1.807, 2.05) is 24.3 Å². The summed E-state index contributed by atoms with van der Waals surface area (Å²) in [6, 6.07) is 9.45. The monoisotopic (exact) mass is 418 g/mol. The third kappa shape index (κ3) is 3.89. The molecule has 4 heterocycles. The van der Waals surface area contributed by atoms with Gasteiger partial charge in [0.25, 0.3) is 0 Å². The Hall–Kier alpha value is -3.30. The molecule has 1 aliphatic heterocycles. The van der Waals surface area contributed by atoms with Crippen LogP contribution in [0.25, 0.3) is 21.5 Å². The van der Waals surface area contributed by atoms with Gasteiger partial charge in [-0.15, -0.1) is 10.2 Å². The lowest BCUT2D eigenvalue weighted by atomic mass is 10.1. The highest BCUT2D eigenvalue weighted by Crippen LogP contribution is 2.24. The standard InChI is InChI=1S/C21H18N6O2S/c28-18(14-3-4-22-20(10-14)27-5-7-29-8-6-27)11-19-23-12-16-2-1-15(9-17(16)25-19)21-26-24-13-30-21/h1-4,9-10,12-13H,5-8,11H2. The predicted octanol–water partition coefficient (Wildman–Crippen LogP) is 2.81. The van der Waals surface area contributed by atoms with E-state index in [0.29, 0.717) is 24.6 Å². The predicted molar refractivity (Wildman–Crippen MR) is 114 cm³/mol. The molecule has 150 valence electrons. The molecule has 8 nitrogen and oxygen atoms in total. The van der Waals surface area contributed by atoms with Crippen molar-refractivity contribution in [1.29, 1.82) is 0 Å². The van der Waals surface area contributed by atoms with E-state index in [9.17, 15) is 4.79 Å². The van der Waals surface area contributed by atoms with Gasteiger partial charge in [0.05, 0.1) is 25.2 Å². The first-order valence-corrected chi connectivity index (χ1v) is 10.5. The molecular weight excluding hydrogens is 400 g/mol. The van der Waals surface area contributed by atoms with Gasteiger partial charge in [-0.1, -0.05) is 23.5 Å². The summed E-state index contributed by atoms with van der Waals surface area (Å²) in [6.45, 7) is 2.89. The van der Waals surface area contributed by atoms with Gasteiger partial charge >= 0.3 is 0 Å². The third-order valence-electron chi connectivity index (χ3n) is 4.96. The Kier molecular flexibility index (Phi) is 5.12. The molecule has 0 N–H and O–H groups in total. The van der Waals surface area contributed by atoms with E-state index < -0.39 is 0 Å². The van der Waals surface area contributed by atoms with Crippen molar-refractivity contribution in [3.05, 3.63) is 59.6 Å². The van der Waals surface area contributed by atoms with Gasteiger partial charge in [-0.2, -0.15) is 0 Å². The van der Waals surface area contributed by atoms with Crippen LogP contribution in [0.3, 0.4) is 0 Å². The summed E-state index contributed by atoms with van der Waals surface area (Å²) in [4.78, 5) is 28.4. The molecule has 5 rings (SSSR count). The molecule has 30 heavy (non-hydrogen) atoms.